The summed E-state index contributed by atoms with van der Waals surface area (Å²) in [5.41, 5.74) is 7.39. The van der Waals surface area contributed by atoms with E-state index >= 15 is 0 Å². The van der Waals surface area contributed by atoms with Gasteiger partial charge in [-0.2, -0.15) is 0 Å². The number of nitrogens with one attached hydrogen (secondary N) is 3. The molecule has 2 heterocycles. The fraction of sp³-hybridized carbons (Fsp3) is 0.632. The Morgan fingerprint density at radius 3 is 2.84 bits per heavy atom. The first-order valence-corrected chi connectivity index (χ1v) is 9.29. The predicted molar refractivity (Wildman–Crippen MR) is 95.7 cm³/mol. The summed E-state index contributed by atoms with van der Waals surface area (Å²) in [6, 6.07) is 10.1. The summed E-state index contributed by atoms with van der Waals surface area (Å²) in [7, 11) is 0. The van der Waals surface area contributed by atoms with Crippen LogP contribution in [-0.4, -0.2) is 44.4 Å². The molecule has 3 N–H and O–H groups in total. The first-order chi connectivity index (χ1) is 12.3. The molecule has 0 aromatic heterocycles. The van der Waals surface area contributed by atoms with Crippen molar-refractivity contribution in [2.75, 3.05) is 26.3 Å². The molecule has 0 radical (unpaired) electrons. The van der Waals surface area contributed by atoms with E-state index in [2.05, 4.69) is 16.2 Å². The molecule has 138 valence electrons. The summed E-state index contributed by atoms with van der Waals surface area (Å²) >= 11 is 0. The third kappa shape index (κ3) is 6.08. The van der Waals surface area contributed by atoms with Gasteiger partial charge in [0, 0.05) is 26.1 Å². The minimum absolute atomic E-state index is 0.0415. The first kappa shape index (κ1) is 18.3. The second-order valence-corrected chi connectivity index (χ2v) is 6.89. The summed E-state index contributed by atoms with van der Waals surface area (Å²) in [4.78, 5) is 12.3. The van der Waals surface area contributed by atoms with Crippen molar-refractivity contribution >= 4 is 5.91 Å². The van der Waals surface area contributed by atoms with Crippen molar-refractivity contribution in [2.45, 2.75) is 44.4 Å². The van der Waals surface area contributed by atoms with E-state index in [0.717, 1.165) is 37.9 Å². The van der Waals surface area contributed by atoms with Gasteiger partial charge in [0.2, 0.25) is 5.91 Å². The first-order valence-electron chi connectivity index (χ1n) is 9.29. The van der Waals surface area contributed by atoms with E-state index in [0.29, 0.717) is 32.2 Å². The quantitative estimate of drug-likeness (QED) is 0.663. The second kappa shape index (κ2) is 9.87. The van der Waals surface area contributed by atoms with Crippen LogP contribution < -0.4 is 16.2 Å². The number of hydrazine groups is 1. The normalized spacial score (nSPS) is 24.3. The maximum atomic E-state index is 12.3. The molecular formula is C19H29N3O3. The average molecular weight is 347 g/mol. The van der Waals surface area contributed by atoms with Gasteiger partial charge in [-0.3, -0.25) is 15.6 Å². The molecule has 0 spiro atoms. The Hall–Kier alpha value is -1.47. The van der Waals surface area contributed by atoms with Crippen molar-refractivity contribution < 1.29 is 14.3 Å². The van der Waals surface area contributed by atoms with Crippen LogP contribution in [0.5, 0.6) is 0 Å². The monoisotopic (exact) mass is 347 g/mol. The summed E-state index contributed by atoms with van der Waals surface area (Å²) in [5, 5.41) is 3.16. The Labute approximate surface area is 149 Å². The number of carbonyl (C=O) groups is 1. The van der Waals surface area contributed by atoms with Crippen LogP contribution in [0.15, 0.2) is 30.3 Å². The fourth-order valence-electron chi connectivity index (χ4n) is 3.36. The molecule has 2 saturated heterocycles. The lowest BCUT2D eigenvalue weighted by Gasteiger charge is -2.32. The topological polar surface area (TPSA) is 71.6 Å². The fourth-order valence-corrected chi connectivity index (χ4v) is 3.36. The van der Waals surface area contributed by atoms with Crippen LogP contribution in [0.4, 0.5) is 0 Å². The van der Waals surface area contributed by atoms with E-state index in [1.165, 1.54) is 0 Å². The molecule has 2 atom stereocenters. The largest absolute Gasteiger partial charge is 0.379 e. The number of benzene rings is 1. The number of hydrogen-bond donors (Lipinski definition) is 3. The highest BCUT2D eigenvalue weighted by Crippen LogP contribution is 2.15. The highest BCUT2D eigenvalue weighted by atomic mass is 16.5. The van der Waals surface area contributed by atoms with E-state index in [1.54, 1.807) is 0 Å². The molecule has 1 aromatic rings. The lowest BCUT2D eigenvalue weighted by atomic mass is 10.0. The Bertz CT molecular complexity index is 520. The zero-order valence-electron chi connectivity index (χ0n) is 14.7. The van der Waals surface area contributed by atoms with Crippen LogP contribution in [-0.2, 0) is 20.9 Å². The summed E-state index contributed by atoms with van der Waals surface area (Å²) < 4.78 is 11.6. The van der Waals surface area contributed by atoms with Crippen molar-refractivity contribution in [1.29, 1.82) is 0 Å². The van der Waals surface area contributed by atoms with Crippen molar-refractivity contribution in [3.8, 4) is 0 Å². The van der Waals surface area contributed by atoms with Crippen molar-refractivity contribution in [1.82, 2.24) is 16.2 Å². The highest BCUT2D eigenvalue weighted by Gasteiger charge is 2.28. The van der Waals surface area contributed by atoms with Crippen LogP contribution in [0.3, 0.4) is 0 Å². The van der Waals surface area contributed by atoms with Gasteiger partial charge in [0.1, 0.15) is 6.10 Å². The van der Waals surface area contributed by atoms with Crippen LogP contribution in [0.1, 0.15) is 31.2 Å². The number of carbonyl (C=O) groups excluding carboxylic acids is 1. The third-order valence-electron chi connectivity index (χ3n) is 4.88. The van der Waals surface area contributed by atoms with Gasteiger partial charge in [-0.15, -0.1) is 0 Å². The minimum Gasteiger partial charge on any atom is -0.379 e. The number of amides is 1. The van der Waals surface area contributed by atoms with Gasteiger partial charge >= 0.3 is 0 Å². The molecule has 2 aliphatic heterocycles. The molecule has 2 aliphatic rings. The summed E-state index contributed by atoms with van der Waals surface area (Å²) in [5.74, 6) is 0.761. The smallest absolute Gasteiger partial charge is 0.220 e. The van der Waals surface area contributed by atoms with Crippen LogP contribution >= 0.6 is 0 Å². The lowest BCUT2D eigenvalue weighted by Crippen LogP contribution is -2.49. The molecular weight excluding hydrogens is 318 g/mol. The zero-order valence-corrected chi connectivity index (χ0v) is 14.7. The van der Waals surface area contributed by atoms with E-state index in [-0.39, 0.29) is 18.1 Å². The molecule has 1 amide bonds. The molecule has 6 heteroatoms. The molecule has 0 bridgehead atoms. The molecule has 1 aromatic carbocycles. The minimum atomic E-state index is -0.0823. The van der Waals surface area contributed by atoms with Crippen molar-refractivity contribution in [3.05, 3.63) is 35.9 Å². The molecule has 25 heavy (non-hydrogen) atoms. The van der Waals surface area contributed by atoms with Gasteiger partial charge < -0.3 is 14.8 Å². The van der Waals surface area contributed by atoms with Gasteiger partial charge in [-0.1, -0.05) is 30.3 Å². The van der Waals surface area contributed by atoms with E-state index in [4.69, 9.17) is 9.47 Å². The average Bonchev–Trinajstić information content (AvgIpc) is 3.15. The van der Waals surface area contributed by atoms with Gasteiger partial charge in [0.05, 0.1) is 19.3 Å². The Balaban J connectivity index is 1.39. The maximum Gasteiger partial charge on any atom is 0.220 e. The lowest BCUT2D eigenvalue weighted by molar-refractivity contribution is -0.126. The standard InChI is InChI=1S/C19H29N3O3/c23-19(8-4-7-16-11-20-21-12-16)22-17-9-10-24-14-18(17)25-13-15-5-2-1-3-6-15/h1-3,5-6,16-18,20-21H,4,7-14H2,(H,22,23)/t17-,18-/m1/s1. The molecule has 6 nitrogen and oxygen atoms in total. The molecule has 3 rings (SSSR count). The second-order valence-electron chi connectivity index (χ2n) is 6.89. The molecule has 0 saturated carbocycles. The van der Waals surface area contributed by atoms with Crippen molar-refractivity contribution in [2.24, 2.45) is 5.92 Å². The molecule has 0 unspecified atom stereocenters. The van der Waals surface area contributed by atoms with Gasteiger partial charge in [-0.05, 0) is 30.7 Å². The SMILES string of the molecule is O=C(CCCC1CNNC1)N[C@@H]1CCOC[C@H]1OCc1ccccc1. The van der Waals surface area contributed by atoms with Gasteiger partial charge in [0.15, 0.2) is 0 Å². The Morgan fingerprint density at radius 2 is 2.04 bits per heavy atom. The van der Waals surface area contributed by atoms with E-state index < -0.39 is 0 Å². The van der Waals surface area contributed by atoms with E-state index in [1.807, 2.05) is 30.3 Å². The Morgan fingerprint density at radius 1 is 1.24 bits per heavy atom. The van der Waals surface area contributed by atoms with Crippen LogP contribution in [0, 0.1) is 5.92 Å². The third-order valence-corrected chi connectivity index (χ3v) is 4.88. The maximum absolute atomic E-state index is 12.3. The Kier molecular flexibility index (Phi) is 7.23. The van der Waals surface area contributed by atoms with Gasteiger partial charge in [0.25, 0.3) is 0 Å². The molecule has 0 aliphatic carbocycles. The van der Waals surface area contributed by atoms with Crippen LogP contribution in [0.2, 0.25) is 0 Å². The summed E-state index contributed by atoms with van der Waals surface area (Å²) in [6.07, 6.45) is 3.32. The number of rotatable bonds is 8. The number of hydrogen-bond acceptors (Lipinski definition) is 5. The van der Waals surface area contributed by atoms with Gasteiger partial charge in [-0.25, -0.2) is 0 Å². The van der Waals surface area contributed by atoms with E-state index in [9.17, 15) is 4.79 Å². The van der Waals surface area contributed by atoms with Crippen LogP contribution in [0.25, 0.3) is 0 Å². The molecule has 2 fully saturated rings. The zero-order chi connectivity index (χ0) is 17.3. The number of ether oxygens (including phenoxy) is 2. The summed E-state index contributed by atoms with van der Waals surface area (Å²) in [6.45, 7) is 3.75. The van der Waals surface area contributed by atoms with Crippen molar-refractivity contribution in [3.63, 3.8) is 0 Å². The predicted octanol–water partition coefficient (Wildman–Crippen LogP) is 1.37. The highest BCUT2D eigenvalue weighted by molar-refractivity contribution is 5.76.